The fourth-order valence-corrected chi connectivity index (χ4v) is 12.2. The van der Waals surface area contributed by atoms with Gasteiger partial charge in [-0.25, -0.2) is 0 Å². The van der Waals surface area contributed by atoms with E-state index in [2.05, 4.69) is 312 Å². The largest absolute Gasteiger partial charge is 0.456 e. The third-order valence-electron chi connectivity index (χ3n) is 16.1. The summed E-state index contributed by atoms with van der Waals surface area (Å²) in [6, 6.07) is 112. The molecule has 0 fully saturated rings. The molecule has 81 heavy (non-hydrogen) atoms. The van der Waals surface area contributed by atoms with Crippen LogP contribution >= 0.6 is 0 Å². The van der Waals surface area contributed by atoms with Crippen molar-refractivity contribution < 1.29 is 4.42 Å². The summed E-state index contributed by atoms with van der Waals surface area (Å²) in [6.45, 7) is 0. The van der Waals surface area contributed by atoms with Gasteiger partial charge in [-0.3, -0.25) is 0 Å². The Morgan fingerprint density at radius 2 is 0.691 bits per heavy atom. The zero-order chi connectivity index (χ0) is 53.6. The second-order valence-corrected chi connectivity index (χ2v) is 20.9. The Balaban J connectivity index is 0.947. The molecule has 0 amide bonds. The standard InChI is InChI=1S/C77H53N3O/c1-4-18-53(19-5-1)54-34-43-64(44-35-54)80(75-32-16-22-56-20-10-13-28-70(56)75)67-51-65(78(60-23-6-2-7-24-60)61-25-8-3-9-26-61)50-66(52-67)79(62-41-36-55(37-42-62)58-40-47-77-74(48-58)72-29-14-15-33-76(72)81-77)63-45-38-57(39-46-63)68-30-17-31-71-69-27-12-11-21-59(69)49-73(68)71/h1-48,50-52H,49H2. The van der Waals surface area contributed by atoms with Crippen LogP contribution < -0.4 is 14.7 Å². The van der Waals surface area contributed by atoms with Gasteiger partial charge in [-0.1, -0.05) is 206 Å². The quantitative estimate of drug-likeness (QED) is 0.122. The van der Waals surface area contributed by atoms with Gasteiger partial charge in [-0.15, -0.1) is 0 Å². The van der Waals surface area contributed by atoms with E-state index in [0.717, 1.165) is 102 Å². The van der Waals surface area contributed by atoms with Crippen LogP contribution in [-0.2, 0) is 6.42 Å². The minimum absolute atomic E-state index is 0.886. The van der Waals surface area contributed by atoms with E-state index in [9.17, 15) is 0 Å². The van der Waals surface area contributed by atoms with Crippen LogP contribution in [-0.4, -0.2) is 0 Å². The van der Waals surface area contributed by atoms with Crippen LogP contribution in [0.5, 0.6) is 0 Å². The Morgan fingerprint density at radius 3 is 1.37 bits per heavy atom. The molecule has 4 heteroatoms. The second-order valence-electron chi connectivity index (χ2n) is 20.9. The maximum Gasteiger partial charge on any atom is 0.135 e. The molecule has 1 heterocycles. The Labute approximate surface area is 471 Å². The van der Waals surface area contributed by atoms with Crippen LogP contribution in [0.4, 0.5) is 51.2 Å². The number of rotatable bonds is 12. The molecule has 0 atom stereocenters. The van der Waals surface area contributed by atoms with E-state index >= 15 is 0 Å². The molecule has 1 aliphatic rings. The molecule has 0 bridgehead atoms. The number of fused-ring (bicyclic) bond motifs is 7. The summed E-state index contributed by atoms with van der Waals surface area (Å²) in [6.07, 6.45) is 0.919. The van der Waals surface area contributed by atoms with E-state index < -0.39 is 0 Å². The Morgan fingerprint density at radius 1 is 0.247 bits per heavy atom. The molecule has 0 aliphatic heterocycles. The van der Waals surface area contributed by atoms with Crippen molar-refractivity contribution in [2.45, 2.75) is 6.42 Å². The summed E-state index contributed by atoms with van der Waals surface area (Å²) < 4.78 is 6.26. The molecule has 0 saturated carbocycles. The summed E-state index contributed by atoms with van der Waals surface area (Å²) in [5.41, 5.74) is 23.5. The molecule has 0 unspecified atom stereocenters. The maximum absolute atomic E-state index is 6.26. The number of benzene rings is 13. The van der Waals surface area contributed by atoms with Crippen molar-refractivity contribution >= 4 is 83.9 Å². The summed E-state index contributed by atoms with van der Waals surface area (Å²) in [7, 11) is 0. The van der Waals surface area contributed by atoms with Crippen molar-refractivity contribution in [1.82, 2.24) is 0 Å². The highest BCUT2D eigenvalue weighted by Gasteiger charge is 2.25. The lowest BCUT2D eigenvalue weighted by atomic mass is 9.95. The first-order valence-corrected chi connectivity index (χ1v) is 27.8. The van der Waals surface area contributed by atoms with E-state index in [1.807, 2.05) is 12.1 Å². The van der Waals surface area contributed by atoms with Crippen LogP contribution in [0.2, 0.25) is 0 Å². The molecule has 1 aliphatic carbocycles. The third-order valence-corrected chi connectivity index (χ3v) is 16.1. The van der Waals surface area contributed by atoms with E-state index in [1.165, 1.54) is 44.3 Å². The van der Waals surface area contributed by atoms with E-state index in [0.29, 0.717) is 0 Å². The van der Waals surface area contributed by atoms with Crippen LogP contribution in [0.3, 0.4) is 0 Å². The third kappa shape index (κ3) is 8.77. The summed E-state index contributed by atoms with van der Waals surface area (Å²) >= 11 is 0. The lowest BCUT2D eigenvalue weighted by Crippen LogP contribution is -2.16. The van der Waals surface area contributed by atoms with Crippen LogP contribution in [0.25, 0.3) is 77.2 Å². The average Bonchev–Trinajstić information content (AvgIpc) is 4.18. The van der Waals surface area contributed by atoms with Gasteiger partial charge >= 0.3 is 0 Å². The van der Waals surface area contributed by atoms with Gasteiger partial charge in [0.2, 0.25) is 0 Å². The molecule has 13 aromatic carbocycles. The van der Waals surface area contributed by atoms with Crippen LogP contribution in [0.1, 0.15) is 11.1 Å². The molecular weight excluding hydrogens is 983 g/mol. The van der Waals surface area contributed by atoms with Gasteiger partial charge in [-0.05, 0) is 171 Å². The zero-order valence-corrected chi connectivity index (χ0v) is 44.4. The van der Waals surface area contributed by atoms with Crippen molar-refractivity contribution in [2.24, 2.45) is 0 Å². The molecule has 4 nitrogen and oxygen atoms in total. The van der Waals surface area contributed by atoms with Gasteiger partial charge in [0, 0.05) is 44.6 Å². The minimum Gasteiger partial charge on any atom is -0.456 e. The first kappa shape index (κ1) is 47.5. The number of hydrogen-bond acceptors (Lipinski definition) is 4. The number of anilines is 9. The highest BCUT2D eigenvalue weighted by molar-refractivity contribution is 6.06. The van der Waals surface area contributed by atoms with Crippen molar-refractivity contribution in [1.29, 1.82) is 0 Å². The summed E-state index contributed by atoms with van der Waals surface area (Å²) in [4.78, 5) is 7.24. The van der Waals surface area contributed by atoms with Gasteiger partial charge in [0.25, 0.3) is 0 Å². The van der Waals surface area contributed by atoms with E-state index in [1.54, 1.807) is 0 Å². The Bertz CT molecular complexity index is 4550. The van der Waals surface area contributed by atoms with Crippen LogP contribution in [0.15, 0.2) is 314 Å². The number of furan rings is 1. The number of para-hydroxylation sites is 3. The molecule has 1 aromatic heterocycles. The molecule has 0 N–H and O–H groups in total. The molecule has 14 aromatic rings. The monoisotopic (exact) mass is 1040 g/mol. The normalized spacial score (nSPS) is 11.7. The lowest BCUT2D eigenvalue weighted by Gasteiger charge is -2.33. The summed E-state index contributed by atoms with van der Waals surface area (Å²) in [5, 5.41) is 4.55. The first-order valence-electron chi connectivity index (χ1n) is 27.8. The molecule has 382 valence electrons. The fraction of sp³-hybridized carbons (Fsp3) is 0.0130. The highest BCUT2D eigenvalue weighted by Crippen LogP contribution is 2.49. The van der Waals surface area contributed by atoms with Crippen molar-refractivity contribution in [3.8, 4) is 44.5 Å². The van der Waals surface area contributed by atoms with Crippen molar-refractivity contribution in [3.63, 3.8) is 0 Å². The predicted octanol–water partition coefficient (Wildman–Crippen LogP) is 21.7. The first-order chi connectivity index (χ1) is 40.1. The van der Waals surface area contributed by atoms with E-state index in [4.69, 9.17) is 4.42 Å². The Hall–Kier alpha value is -10.7. The highest BCUT2D eigenvalue weighted by atomic mass is 16.3. The molecule has 15 rings (SSSR count). The second kappa shape index (κ2) is 20.3. The van der Waals surface area contributed by atoms with Gasteiger partial charge in [0.1, 0.15) is 11.2 Å². The Kier molecular flexibility index (Phi) is 11.9. The molecule has 0 radical (unpaired) electrons. The number of nitrogens with zero attached hydrogens (tertiary/aromatic N) is 3. The van der Waals surface area contributed by atoms with Gasteiger partial charge in [0.05, 0.1) is 22.7 Å². The lowest BCUT2D eigenvalue weighted by molar-refractivity contribution is 0.669. The summed E-state index contributed by atoms with van der Waals surface area (Å²) in [5.74, 6) is 0. The van der Waals surface area contributed by atoms with Crippen molar-refractivity contribution in [3.05, 3.63) is 321 Å². The number of hydrogen-bond donors (Lipinski definition) is 0. The molecule has 0 saturated heterocycles. The van der Waals surface area contributed by atoms with Crippen molar-refractivity contribution in [2.75, 3.05) is 14.7 Å². The zero-order valence-electron chi connectivity index (χ0n) is 44.4. The topological polar surface area (TPSA) is 22.9 Å². The fourth-order valence-electron chi connectivity index (χ4n) is 12.2. The maximum atomic E-state index is 6.26. The van der Waals surface area contributed by atoms with Gasteiger partial charge in [0.15, 0.2) is 0 Å². The van der Waals surface area contributed by atoms with Gasteiger partial charge < -0.3 is 19.1 Å². The SMILES string of the molecule is c1ccc(-c2ccc(N(c3cc(N(c4ccccc4)c4ccccc4)cc(N(c4ccc(-c5ccc6oc7ccccc7c6c5)cc4)c4ccc(-c5cccc6c5Cc5ccccc5-6)cc4)c3)c3cccc4ccccc34)cc2)cc1. The minimum atomic E-state index is 0.886. The smallest absolute Gasteiger partial charge is 0.135 e. The molecule has 0 spiro atoms. The molecular formula is C77H53N3O. The average molecular weight is 1040 g/mol. The van der Waals surface area contributed by atoms with E-state index in [-0.39, 0.29) is 0 Å². The van der Waals surface area contributed by atoms with Gasteiger partial charge in [-0.2, -0.15) is 0 Å². The van der Waals surface area contributed by atoms with Crippen LogP contribution in [0, 0.1) is 0 Å². The predicted molar refractivity (Wildman–Crippen MR) is 340 cm³/mol.